The van der Waals surface area contributed by atoms with Gasteiger partial charge in [0.15, 0.2) is 5.96 Å². The Kier molecular flexibility index (Phi) is 11.5. The van der Waals surface area contributed by atoms with Gasteiger partial charge in [0, 0.05) is 18.0 Å². The zero-order valence-corrected chi connectivity index (χ0v) is 18.4. The number of thiophene rings is 1. The van der Waals surface area contributed by atoms with Gasteiger partial charge in [-0.2, -0.15) is 0 Å². The number of hydrogen-bond acceptors (Lipinski definition) is 4. The molecule has 0 aliphatic carbocycles. The Morgan fingerprint density at radius 3 is 2.62 bits per heavy atom. The zero-order valence-electron chi connectivity index (χ0n) is 15.2. The van der Waals surface area contributed by atoms with Gasteiger partial charge in [-0.05, 0) is 30.9 Å². The van der Waals surface area contributed by atoms with Crippen LogP contribution in [-0.4, -0.2) is 36.9 Å². The molecule has 0 fully saturated rings. The third-order valence-electron chi connectivity index (χ3n) is 3.63. The molecule has 0 bridgehead atoms. The Morgan fingerprint density at radius 1 is 1.19 bits per heavy atom. The maximum absolute atomic E-state index is 10.1. The lowest BCUT2D eigenvalue weighted by Crippen LogP contribution is -2.42. The van der Waals surface area contributed by atoms with Crippen LogP contribution >= 0.6 is 35.3 Å². The van der Waals surface area contributed by atoms with Crippen LogP contribution in [0.25, 0.3) is 0 Å². The molecular weight excluding hydrogens is 461 g/mol. The van der Waals surface area contributed by atoms with E-state index in [1.165, 1.54) is 4.88 Å². The second-order valence-electron chi connectivity index (χ2n) is 5.70. The van der Waals surface area contributed by atoms with Crippen molar-refractivity contribution < 1.29 is 9.84 Å². The van der Waals surface area contributed by atoms with Crippen molar-refractivity contribution in [2.45, 2.75) is 32.6 Å². The fourth-order valence-electron chi connectivity index (χ4n) is 2.25. The molecule has 0 radical (unpaired) electrons. The molecule has 2 unspecified atom stereocenters. The first-order valence-corrected chi connectivity index (χ1v) is 9.46. The molecule has 0 saturated carbocycles. The minimum Gasteiger partial charge on any atom is -0.389 e. The number of guanidine groups is 1. The Labute approximate surface area is 176 Å². The SMILES string of the molecule is CCNC(=NCc1cccs1)NCC(O)COC(C)c1ccccc1.I. The van der Waals surface area contributed by atoms with Gasteiger partial charge in [0.05, 0.1) is 25.4 Å². The number of nitrogens with zero attached hydrogens (tertiary/aromatic N) is 1. The predicted molar refractivity (Wildman–Crippen MR) is 119 cm³/mol. The molecule has 1 aromatic heterocycles. The summed E-state index contributed by atoms with van der Waals surface area (Å²) in [6, 6.07) is 14.1. The molecule has 0 amide bonds. The van der Waals surface area contributed by atoms with Crippen LogP contribution in [0.3, 0.4) is 0 Å². The van der Waals surface area contributed by atoms with Crippen LogP contribution < -0.4 is 10.6 Å². The van der Waals surface area contributed by atoms with E-state index >= 15 is 0 Å². The van der Waals surface area contributed by atoms with E-state index in [0.717, 1.165) is 12.1 Å². The fraction of sp³-hybridized carbons (Fsp3) is 0.421. The van der Waals surface area contributed by atoms with E-state index < -0.39 is 6.10 Å². The number of hydrogen-bond donors (Lipinski definition) is 3. The van der Waals surface area contributed by atoms with Gasteiger partial charge in [-0.1, -0.05) is 36.4 Å². The van der Waals surface area contributed by atoms with Gasteiger partial charge in [-0.3, -0.25) is 0 Å². The molecule has 0 spiro atoms. The van der Waals surface area contributed by atoms with Gasteiger partial charge >= 0.3 is 0 Å². The molecule has 2 aromatic rings. The van der Waals surface area contributed by atoms with E-state index in [0.29, 0.717) is 19.0 Å². The molecule has 2 atom stereocenters. The van der Waals surface area contributed by atoms with E-state index in [4.69, 9.17) is 4.74 Å². The van der Waals surface area contributed by atoms with Crippen LogP contribution in [0.2, 0.25) is 0 Å². The highest BCUT2D eigenvalue weighted by molar-refractivity contribution is 14.0. The van der Waals surface area contributed by atoms with Gasteiger partial charge in [-0.15, -0.1) is 35.3 Å². The third kappa shape index (κ3) is 8.48. The molecule has 0 saturated heterocycles. The van der Waals surface area contributed by atoms with E-state index in [-0.39, 0.29) is 36.7 Å². The van der Waals surface area contributed by atoms with Crippen molar-refractivity contribution in [1.82, 2.24) is 10.6 Å². The molecule has 5 nitrogen and oxygen atoms in total. The largest absolute Gasteiger partial charge is 0.389 e. The predicted octanol–water partition coefficient (Wildman–Crippen LogP) is 3.56. The van der Waals surface area contributed by atoms with Crippen molar-refractivity contribution in [3.8, 4) is 0 Å². The minimum absolute atomic E-state index is 0. The second kappa shape index (κ2) is 13.1. The Bertz CT molecular complexity index is 623. The molecule has 0 aliphatic heterocycles. The standard InChI is InChI=1S/C19H27N3O2S.HI/c1-3-20-19(22-13-18-10-7-11-25-18)21-12-17(23)14-24-15(2)16-8-5-4-6-9-16;/h4-11,15,17,23H,3,12-14H2,1-2H3,(H2,20,21,22);1H. The molecule has 7 heteroatoms. The number of aliphatic hydroxyl groups excluding tert-OH is 1. The summed E-state index contributed by atoms with van der Waals surface area (Å²) in [5.74, 6) is 0.700. The summed E-state index contributed by atoms with van der Waals surface area (Å²) in [7, 11) is 0. The van der Waals surface area contributed by atoms with Crippen LogP contribution in [0.1, 0.15) is 30.4 Å². The van der Waals surface area contributed by atoms with Crippen molar-refractivity contribution in [3.63, 3.8) is 0 Å². The highest BCUT2D eigenvalue weighted by atomic mass is 127. The fourth-order valence-corrected chi connectivity index (χ4v) is 2.88. The summed E-state index contributed by atoms with van der Waals surface area (Å²) < 4.78 is 5.75. The molecule has 144 valence electrons. The number of ether oxygens (including phenoxy) is 1. The Balaban J connectivity index is 0.00000338. The lowest BCUT2D eigenvalue weighted by molar-refractivity contribution is -0.000599. The van der Waals surface area contributed by atoms with Crippen molar-refractivity contribution in [2.75, 3.05) is 19.7 Å². The average Bonchev–Trinajstić information content (AvgIpc) is 3.16. The van der Waals surface area contributed by atoms with Gasteiger partial charge in [0.25, 0.3) is 0 Å². The summed E-state index contributed by atoms with van der Waals surface area (Å²) in [5, 5.41) is 18.5. The number of benzene rings is 1. The third-order valence-corrected chi connectivity index (χ3v) is 4.49. The average molecular weight is 489 g/mol. The van der Waals surface area contributed by atoms with E-state index in [1.807, 2.05) is 55.6 Å². The summed E-state index contributed by atoms with van der Waals surface area (Å²) in [4.78, 5) is 5.73. The van der Waals surface area contributed by atoms with Crippen LogP contribution in [0.5, 0.6) is 0 Å². The minimum atomic E-state index is -0.600. The maximum Gasteiger partial charge on any atom is 0.191 e. The molecule has 1 aromatic carbocycles. The van der Waals surface area contributed by atoms with E-state index in [9.17, 15) is 5.11 Å². The first-order chi connectivity index (χ1) is 12.2. The number of nitrogens with one attached hydrogen (secondary N) is 2. The van der Waals surface area contributed by atoms with E-state index in [1.54, 1.807) is 11.3 Å². The summed E-state index contributed by atoms with van der Waals surface area (Å²) >= 11 is 1.68. The van der Waals surface area contributed by atoms with Crippen molar-refractivity contribution in [3.05, 3.63) is 58.3 Å². The Hall–Kier alpha value is -1.16. The number of aliphatic hydroxyl groups is 1. The lowest BCUT2D eigenvalue weighted by Gasteiger charge is -2.18. The number of halogens is 1. The summed E-state index contributed by atoms with van der Waals surface area (Å²) in [6.45, 7) is 6.06. The van der Waals surface area contributed by atoms with Crippen molar-refractivity contribution in [2.24, 2.45) is 4.99 Å². The van der Waals surface area contributed by atoms with Crippen LogP contribution in [0.4, 0.5) is 0 Å². The topological polar surface area (TPSA) is 65.9 Å². The monoisotopic (exact) mass is 489 g/mol. The lowest BCUT2D eigenvalue weighted by atomic mass is 10.1. The van der Waals surface area contributed by atoms with Crippen LogP contribution in [-0.2, 0) is 11.3 Å². The Morgan fingerprint density at radius 2 is 1.96 bits per heavy atom. The highest BCUT2D eigenvalue weighted by Crippen LogP contribution is 2.15. The molecular formula is C19H28IN3O2S. The second-order valence-corrected chi connectivity index (χ2v) is 6.73. The first-order valence-electron chi connectivity index (χ1n) is 8.58. The molecule has 1 heterocycles. The van der Waals surface area contributed by atoms with Crippen molar-refractivity contribution in [1.29, 1.82) is 0 Å². The first kappa shape index (κ1) is 22.9. The van der Waals surface area contributed by atoms with Crippen LogP contribution in [0.15, 0.2) is 52.8 Å². The van der Waals surface area contributed by atoms with Crippen LogP contribution in [0, 0.1) is 0 Å². The van der Waals surface area contributed by atoms with Gasteiger partial charge in [0.1, 0.15) is 0 Å². The number of aliphatic imine (C=N–C) groups is 1. The van der Waals surface area contributed by atoms with Gasteiger partial charge in [0.2, 0.25) is 0 Å². The molecule has 3 N–H and O–H groups in total. The number of rotatable bonds is 9. The smallest absolute Gasteiger partial charge is 0.191 e. The van der Waals surface area contributed by atoms with Gasteiger partial charge in [-0.25, -0.2) is 4.99 Å². The maximum atomic E-state index is 10.1. The highest BCUT2D eigenvalue weighted by Gasteiger charge is 2.10. The normalized spacial score (nSPS) is 13.6. The van der Waals surface area contributed by atoms with Gasteiger partial charge < -0.3 is 20.5 Å². The molecule has 2 rings (SSSR count). The van der Waals surface area contributed by atoms with Crippen molar-refractivity contribution >= 4 is 41.3 Å². The molecule has 0 aliphatic rings. The summed E-state index contributed by atoms with van der Waals surface area (Å²) in [6.07, 6.45) is -0.645. The summed E-state index contributed by atoms with van der Waals surface area (Å²) in [5.41, 5.74) is 1.11. The van der Waals surface area contributed by atoms with E-state index in [2.05, 4.69) is 21.7 Å². The quantitative estimate of drug-likeness (QED) is 0.286. The molecule has 26 heavy (non-hydrogen) atoms. The zero-order chi connectivity index (χ0) is 17.9.